The highest BCUT2D eigenvalue weighted by Crippen LogP contribution is 2.25. The third-order valence-electron chi connectivity index (χ3n) is 3.54. The van der Waals surface area contributed by atoms with Gasteiger partial charge in [0.15, 0.2) is 5.11 Å². The first kappa shape index (κ1) is 20.5. The maximum absolute atomic E-state index is 12.3. The normalized spacial score (nSPS) is 10.3. The summed E-state index contributed by atoms with van der Waals surface area (Å²) in [5.74, 6) is 0.419. The summed E-state index contributed by atoms with van der Waals surface area (Å²) in [6.07, 6.45) is 3.31. The third kappa shape index (κ3) is 6.48. The van der Waals surface area contributed by atoms with Gasteiger partial charge in [0.2, 0.25) is 0 Å². The second-order valence-electron chi connectivity index (χ2n) is 5.61. The molecule has 2 aromatic carbocycles. The molecule has 0 fully saturated rings. The molecule has 0 spiro atoms. The van der Waals surface area contributed by atoms with Crippen molar-refractivity contribution in [1.29, 1.82) is 0 Å². The number of thiocarbonyl (C=S) groups is 1. The van der Waals surface area contributed by atoms with Crippen LogP contribution >= 0.6 is 35.4 Å². The maximum atomic E-state index is 12.3. The van der Waals surface area contributed by atoms with Crippen LogP contribution in [0.15, 0.2) is 42.5 Å². The van der Waals surface area contributed by atoms with Crippen molar-refractivity contribution >= 4 is 52.1 Å². The lowest BCUT2D eigenvalue weighted by molar-refractivity contribution is 0.0977. The summed E-state index contributed by atoms with van der Waals surface area (Å²) in [5.41, 5.74) is 1.01. The molecule has 0 aliphatic rings. The highest BCUT2D eigenvalue weighted by atomic mass is 35.5. The second kappa shape index (κ2) is 10.4. The largest absolute Gasteiger partial charge is 0.494 e. The molecule has 26 heavy (non-hydrogen) atoms. The number of nitrogens with one attached hydrogen (secondary N) is 2. The van der Waals surface area contributed by atoms with Crippen LogP contribution in [0.5, 0.6) is 5.75 Å². The SMILES string of the molecule is CCCCCOc1ccc(C(=O)NC(=S)Nc2cc(Cl)ccc2Cl)cc1. The van der Waals surface area contributed by atoms with Crippen LogP contribution in [0.3, 0.4) is 0 Å². The van der Waals surface area contributed by atoms with Crippen LogP contribution in [0.1, 0.15) is 36.5 Å². The smallest absolute Gasteiger partial charge is 0.257 e. The molecule has 0 unspecified atom stereocenters. The zero-order chi connectivity index (χ0) is 18.9. The molecule has 0 bridgehead atoms. The van der Waals surface area contributed by atoms with Gasteiger partial charge in [0.25, 0.3) is 5.91 Å². The van der Waals surface area contributed by atoms with Crippen LogP contribution in [0.4, 0.5) is 5.69 Å². The van der Waals surface area contributed by atoms with Crippen molar-refractivity contribution in [3.63, 3.8) is 0 Å². The molecule has 2 aromatic rings. The van der Waals surface area contributed by atoms with E-state index in [1.54, 1.807) is 42.5 Å². The molecule has 0 atom stereocenters. The van der Waals surface area contributed by atoms with Crippen molar-refractivity contribution in [1.82, 2.24) is 5.32 Å². The van der Waals surface area contributed by atoms with Crippen molar-refractivity contribution in [3.8, 4) is 5.75 Å². The Bertz CT molecular complexity index is 767. The Morgan fingerprint density at radius 2 is 1.85 bits per heavy atom. The number of unbranched alkanes of at least 4 members (excludes halogenated alkanes) is 2. The van der Waals surface area contributed by atoms with Gasteiger partial charge in [-0.3, -0.25) is 10.1 Å². The van der Waals surface area contributed by atoms with Gasteiger partial charge in [-0.25, -0.2) is 0 Å². The molecule has 0 heterocycles. The Morgan fingerprint density at radius 1 is 1.12 bits per heavy atom. The van der Waals surface area contributed by atoms with E-state index in [1.165, 1.54) is 0 Å². The van der Waals surface area contributed by atoms with Crippen LogP contribution in [-0.4, -0.2) is 17.6 Å². The zero-order valence-electron chi connectivity index (χ0n) is 14.4. The summed E-state index contributed by atoms with van der Waals surface area (Å²) in [5, 5.41) is 6.58. The molecule has 4 nitrogen and oxygen atoms in total. The number of amides is 1. The van der Waals surface area contributed by atoms with Gasteiger partial charge < -0.3 is 10.1 Å². The van der Waals surface area contributed by atoms with Gasteiger partial charge in [0.05, 0.1) is 17.3 Å². The number of hydrogen-bond donors (Lipinski definition) is 2. The topological polar surface area (TPSA) is 50.4 Å². The van der Waals surface area contributed by atoms with Crippen molar-refractivity contribution in [2.75, 3.05) is 11.9 Å². The lowest BCUT2D eigenvalue weighted by atomic mass is 10.2. The van der Waals surface area contributed by atoms with Crippen molar-refractivity contribution in [3.05, 3.63) is 58.1 Å². The minimum atomic E-state index is -0.321. The molecule has 0 radical (unpaired) electrons. The first-order valence-electron chi connectivity index (χ1n) is 8.30. The lowest BCUT2D eigenvalue weighted by Crippen LogP contribution is -2.34. The standard InChI is InChI=1S/C19H20Cl2N2O2S/c1-2-3-4-11-25-15-8-5-13(6-9-15)18(24)23-19(26)22-17-12-14(20)7-10-16(17)21/h5-10,12H,2-4,11H2,1H3,(H2,22,23,24,26). The Hall–Kier alpha value is -1.82. The van der Waals surface area contributed by atoms with Gasteiger partial charge in [-0.1, -0.05) is 43.0 Å². The number of carbonyl (C=O) groups excluding carboxylic acids is 1. The number of anilines is 1. The highest BCUT2D eigenvalue weighted by molar-refractivity contribution is 7.80. The molecular formula is C19H20Cl2N2O2S. The summed E-state index contributed by atoms with van der Waals surface area (Å²) in [6.45, 7) is 2.82. The van der Waals surface area contributed by atoms with E-state index in [0.29, 0.717) is 27.9 Å². The molecule has 0 aliphatic carbocycles. The van der Waals surface area contributed by atoms with Crippen molar-refractivity contribution in [2.45, 2.75) is 26.2 Å². The molecule has 2 N–H and O–H groups in total. The molecule has 138 valence electrons. The van der Waals surface area contributed by atoms with E-state index in [-0.39, 0.29) is 11.0 Å². The maximum Gasteiger partial charge on any atom is 0.257 e. The van der Waals surface area contributed by atoms with E-state index in [2.05, 4.69) is 17.6 Å². The predicted molar refractivity (Wildman–Crippen MR) is 112 cm³/mol. The molecule has 0 aromatic heterocycles. The van der Waals surface area contributed by atoms with E-state index in [9.17, 15) is 4.79 Å². The second-order valence-corrected chi connectivity index (χ2v) is 6.86. The van der Waals surface area contributed by atoms with Crippen molar-refractivity contribution in [2.24, 2.45) is 0 Å². The van der Waals surface area contributed by atoms with Gasteiger partial charge in [-0.15, -0.1) is 0 Å². The summed E-state index contributed by atoms with van der Waals surface area (Å²) in [6, 6.07) is 11.9. The number of ether oxygens (including phenoxy) is 1. The lowest BCUT2D eigenvalue weighted by Gasteiger charge is -2.11. The minimum Gasteiger partial charge on any atom is -0.494 e. The third-order valence-corrected chi connectivity index (χ3v) is 4.31. The van der Waals surface area contributed by atoms with Gasteiger partial charge in [-0.2, -0.15) is 0 Å². The van der Waals surface area contributed by atoms with E-state index in [1.807, 2.05) is 0 Å². The van der Waals surface area contributed by atoms with E-state index < -0.39 is 0 Å². The first-order chi connectivity index (χ1) is 12.5. The number of carbonyl (C=O) groups is 1. The van der Waals surface area contributed by atoms with Gasteiger partial charge in [-0.05, 0) is 61.1 Å². The summed E-state index contributed by atoms with van der Waals surface area (Å²) in [4.78, 5) is 12.3. The van der Waals surface area contributed by atoms with Gasteiger partial charge in [0, 0.05) is 10.6 Å². The zero-order valence-corrected chi connectivity index (χ0v) is 16.7. The Labute approximate surface area is 168 Å². The fraction of sp³-hybridized carbons (Fsp3) is 0.263. The monoisotopic (exact) mass is 410 g/mol. The minimum absolute atomic E-state index is 0.138. The predicted octanol–water partition coefficient (Wildman–Crippen LogP) is 5.69. The molecule has 2 rings (SSSR count). The fourth-order valence-electron chi connectivity index (χ4n) is 2.17. The quantitative estimate of drug-likeness (QED) is 0.454. The van der Waals surface area contributed by atoms with Crippen LogP contribution in [-0.2, 0) is 0 Å². The molecule has 0 saturated carbocycles. The van der Waals surface area contributed by atoms with Gasteiger partial charge in [0.1, 0.15) is 5.75 Å². The molecule has 1 amide bonds. The summed E-state index contributed by atoms with van der Waals surface area (Å²) >= 11 is 17.1. The van der Waals surface area contributed by atoms with E-state index in [4.69, 9.17) is 40.2 Å². The first-order valence-corrected chi connectivity index (χ1v) is 9.46. The Kier molecular flexibility index (Phi) is 8.16. The van der Waals surface area contributed by atoms with E-state index in [0.717, 1.165) is 25.0 Å². The Morgan fingerprint density at radius 3 is 2.54 bits per heavy atom. The molecular weight excluding hydrogens is 391 g/mol. The Balaban J connectivity index is 1.88. The van der Waals surface area contributed by atoms with Crippen LogP contribution < -0.4 is 15.4 Å². The molecule has 7 heteroatoms. The fourth-order valence-corrected chi connectivity index (χ4v) is 2.71. The van der Waals surface area contributed by atoms with Crippen LogP contribution in [0, 0.1) is 0 Å². The number of halogens is 2. The highest BCUT2D eigenvalue weighted by Gasteiger charge is 2.10. The van der Waals surface area contributed by atoms with Crippen molar-refractivity contribution < 1.29 is 9.53 Å². The number of rotatable bonds is 7. The molecule has 0 saturated heterocycles. The average molecular weight is 411 g/mol. The number of benzene rings is 2. The van der Waals surface area contributed by atoms with Crippen LogP contribution in [0.25, 0.3) is 0 Å². The molecule has 0 aliphatic heterocycles. The van der Waals surface area contributed by atoms with Gasteiger partial charge >= 0.3 is 0 Å². The van der Waals surface area contributed by atoms with Crippen LogP contribution in [0.2, 0.25) is 10.0 Å². The summed E-state index contributed by atoms with van der Waals surface area (Å²) in [7, 11) is 0. The summed E-state index contributed by atoms with van der Waals surface area (Å²) < 4.78 is 5.63. The average Bonchev–Trinajstić information content (AvgIpc) is 2.62. The number of hydrogen-bond acceptors (Lipinski definition) is 3. The van der Waals surface area contributed by atoms with E-state index >= 15 is 0 Å².